The molecule has 0 aromatic carbocycles. The van der Waals surface area contributed by atoms with E-state index in [0.717, 1.165) is 25.7 Å². The highest BCUT2D eigenvalue weighted by Crippen LogP contribution is 2.17. The summed E-state index contributed by atoms with van der Waals surface area (Å²) in [5.74, 6) is -1.91. The van der Waals surface area contributed by atoms with Crippen LogP contribution in [0.2, 0.25) is 0 Å². The molecule has 0 radical (unpaired) electrons. The smallest absolute Gasteiger partial charge is 0.316 e. The third-order valence-electron chi connectivity index (χ3n) is 2.73. The van der Waals surface area contributed by atoms with Gasteiger partial charge in [-0.1, -0.05) is 12.8 Å². The van der Waals surface area contributed by atoms with Crippen LogP contribution in [0.4, 0.5) is 0 Å². The maximum Gasteiger partial charge on any atom is 0.316 e. The van der Waals surface area contributed by atoms with Crippen molar-refractivity contribution in [1.82, 2.24) is 5.32 Å². The van der Waals surface area contributed by atoms with E-state index in [0.29, 0.717) is 0 Å². The topological polar surface area (TPSA) is 83.5 Å². The summed E-state index contributed by atoms with van der Waals surface area (Å²) in [6.45, 7) is 1.50. The van der Waals surface area contributed by atoms with E-state index in [2.05, 4.69) is 5.32 Å². The second-order valence-corrected chi connectivity index (χ2v) is 5.81. The number of carbonyl (C=O) groups excluding carboxylic acids is 1. The van der Waals surface area contributed by atoms with Gasteiger partial charge in [-0.2, -0.15) is 0 Å². The second-order valence-electron chi connectivity index (χ2n) is 4.05. The molecule has 0 spiro atoms. The standard InChI is InChI=1S/C10H17NO4S/c1-7(16(15)6-9(12)13)10(14)11-8-4-2-3-5-8/h7-8H,2-6H2,1H3,(H,11,14)(H,12,13). The summed E-state index contributed by atoms with van der Waals surface area (Å²) in [7, 11) is -1.64. The van der Waals surface area contributed by atoms with Crippen molar-refractivity contribution >= 4 is 22.7 Å². The summed E-state index contributed by atoms with van der Waals surface area (Å²) < 4.78 is 11.4. The molecule has 1 amide bonds. The van der Waals surface area contributed by atoms with E-state index >= 15 is 0 Å². The van der Waals surface area contributed by atoms with Crippen LogP contribution in [0.5, 0.6) is 0 Å². The van der Waals surface area contributed by atoms with Gasteiger partial charge in [0.2, 0.25) is 5.91 Å². The lowest BCUT2D eigenvalue weighted by molar-refractivity contribution is -0.133. The largest absolute Gasteiger partial charge is 0.481 e. The highest BCUT2D eigenvalue weighted by Gasteiger charge is 2.25. The van der Waals surface area contributed by atoms with Gasteiger partial charge in [0.1, 0.15) is 11.0 Å². The van der Waals surface area contributed by atoms with Gasteiger partial charge in [-0.15, -0.1) is 0 Å². The summed E-state index contributed by atoms with van der Waals surface area (Å²) >= 11 is 0. The van der Waals surface area contributed by atoms with Gasteiger partial charge in [0.25, 0.3) is 0 Å². The molecule has 16 heavy (non-hydrogen) atoms. The molecule has 1 fully saturated rings. The molecule has 1 aliphatic carbocycles. The minimum Gasteiger partial charge on any atom is -0.481 e. The average Bonchev–Trinajstić information content (AvgIpc) is 2.68. The third-order valence-corrected chi connectivity index (χ3v) is 4.27. The predicted octanol–water partition coefficient (Wildman–Crippen LogP) is 0.267. The molecule has 1 rings (SSSR count). The van der Waals surface area contributed by atoms with E-state index < -0.39 is 27.8 Å². The number of carboxylic acids is 1. The van der Waals surface area contributed by atoms with Gasteiger partial charge in [-0.25, -0.2) is 0 Å². The van der Waals surface area contributed by atoms with Crippen molar-refractivity contribution in [1.29, 1.82) is 0 Å². The second kappa shape index (κ2) is 5.98. The Morgan fingerprint density at radius 1 is 1.44 bits per heavy atom. The van der Waals surface area contributed by atoms with Crippen molar-refractivity contribution in [3.8, 4) is 0 Å². The normalized spacial score (nSPS) is 20.3. The van der Waals surface area contributed by atoms with Crippen LogP contribution in [0.3, 0.4) is 0 Å². The molecule has 0 bridgehead atoms. The van der Waals surface area contributed by atoms with E-state index in [-0.39, 0.29) is 11.9 Å². The van der Waals surface area contributed by atoms with Crippen molar-refractivity contribution in [2.45, 2.75) is 43.9 Å². The Morgan fingerprint density at radius 2 is 2.00 bits per heavy atom. The number of aliphatic carboxylic acids is 1. The first kappa shape index (κ1) is 13.2. The zero-order valence-corrected chi connectivity index (χ0v) is 10.1. The van der Waals surface area contributed by atoms with Crippen LogP contribution < -0.4 is 5.32 Å². The zero-order valence-electron chi connectivity index (χ0n) is 9.27. The third kappa shape index (κ3) is 3.92. The van der Waals surface area contributed by atoms with Crippen LogP contribution in [-0.4, -0.2) is 38.2 Å². The van der Waals surface area contributed by atoms with E-state index in [1.165, 1.54) is 6.92 Å². The van der Waals surface area contributed by atoms with Gasteiger partial charge >= 0.3 is 5.97 Å². The number of rotatable bonds is 5. The SMILES string of the molecule is CC(C(=O)NC1CCCC1)S(=O)CC(=O)O. The van der Waals surface area contributed by atoms with Crippen LogP contribution in [-0.2, 0) is 20.4 Å². The summed E-state index contributed by atoms with van der Waals surface area (Å²) in [6.07, 6.45) is 4.14. The van der Waals surface area contributed by atoms with E-state index in [1.54, 1.807) is 0 Å². The zero-order chi connectivity index (χ0) is 12.1. The van der Waals surface area contributed by atoms with Gasteiger partial charge in [0.05, 0.1) is 0 Å². The Balaban J connectivity index is 2.39. The van der Waals surface area contributed by atoms with Gasteiger partial charge in [-0.05, 0) is 19.8 Å². The molecule has 2 unspecified atom stereocenters. The van der Waals surface area contributed by atoms with Gasteiger partial charge in [0, 0.05) is 16.8 Å². The number of hydrogen-bond donors (Lipinski definition) is 2. The Bertz CT molecular complexity index is 299. The molecule has 0 heterocycles. The minimum absolute atomic E-state index is 0.178. The number of nitrogens with one attached hydrogen (secondary N) is 1. The lowest BCUT2D eigenvalue weighted by Crippen LogP contribution is -2.41. The number of amides is 1. The van der Waals surface area contributed by atoms with Gasteiger partial charge < -0.3 is 10.4 Å². The van der Waals surface area contributed by atoms with E-state index in [4.69, 9.17) is 5.11 Å². The summed E-state index contributed by atoms with van der Waals surface area (Å²) in [4.78, 5) is 22.0. The lowest BCUT2D eigenvalue weighted by Gasteiger charge is -2.15. The Labute approximate surface area is 97.1 Å². The lowest BCUT2D eigenvalue weighted by atomic mass is 10.2. The first-order chi connectivity index (χ1) is 7.50. The minimum atomic E-state index is -1.64. The molecule has 5 nitrogen and oxygen atoms in total. The fraction of sp³-hybridized carbons (Fsp3) is 0.800. The fourth-order valence-corrected chi connectivity index (χ4v) is 2.55. The first-order valence-corrected chi connectivity index (χ1v) is 6.78. The molecule has 0 saturated heterocycles. The Hall–Kier alpha value is -0.910. The van der Waals surface area contributed by atoms with Crippen LogP contribution in [0.25, 0.3) is 0 Å². The molecule has 0 aliphatic heterocycles. The maximum absolute atomic E-state index is 11.6. The van der Waals surface area contributed by atoms with E-state index in [9.17, 15) is 13.8 Å². The quantitative estimate of drug-likeness (QED) is 0.730. The number of carbonyl (C=O) groups is 2. The average molecular weight is 247 g/mol. The van der Waals surface area contributed by atoms with Gasteiger partial charge in [0.15, 0.2) is 0 Å². The Morgan fingerprint density at radius 3 is 2.50 bits per heavy atom. The molecule has 0 aromatic heterocycles. The van der Waals surface area contributed by atoms with Gasteiger partial charge in [-0.3, -0.25) is 13.8 Å². The van der Waals surface area contributed by atoms with Crippen molar-refractivity contribution in [3.05, 3.63) is 0 Å². The van der Waals surface area contributed by atoms with Crippen LogP contribution >= 0.6 is 0 Å². The molecular weight excluding hydrogens is 230 g/mol. The Kier molecular flexibility index (Phi) is 4.92. The first-order valence-electron chi connectivity index (χ1n) is 5.40. The number of carboxylic acid groups (broad SMARTS) is 1. The van der Waals surface area contributed by atoms with Crippen molar-refractivity contribution in [2.24, 2.45) is 0 Å². The molecular formula is C10H17NO4S. The molecule has 1 saturated carbocycles. The van der Waals surface area contributed by atoms with Crippen molar-refractivity contribution in [2.75, 3.05) is 5.75 Å². The number of hydrogen-bond acceptors (Lipinski definition) is 3. The van der Waals surface area contributed by atoms with Crippen molar-refractivity contribution < 1.29 is 18.9 Å². The predicted molar refractivity (Wildman–Crippen MR) is 60.5 cm³/mol. The van der Waals surface area contributed by atoms with Crippen LogP contribution in [0.15, 0.2) is 0 Å². The molecule has 2 N–H and O–H groups in total. The van der Waals surface area contributed by atoms with E-state index in [1.807, 2.05) is 0 Å². The summed E-state index contributed by atoms with van der Waals surface area (Å²) in [5.41, 5.74) is 0. The molecule has 6 heteroatoms. The summed E-state index contributed by atoms with van der Waals surface area (Å²) in [5, 5.41) is 10.5. The molecule has 0 aromatic rings. The highest BCUT2D eigenvalue weighted by atomic mass is 32.2. The highest BCUT2D eigenvalue weighted by molar-refractivity contribution is 7.87. The van der Waals surface area contributed by atoms with Crippen molar-refractivity contribution in [3.63, 3.8) is 0 Å². The summed E-state index contributed by atoms with van der Waals surface area (Å²) in [6, 6.07) is 0.178. The maximum atomic E-state index is 11.6. The van der Waals surface area contributed by atoms with Crippen LogP contribution in [0, 0.1) is 0 Å². The van der Waals surface area contributed by atoms with Crippen LogP contribution in [0.1, 0.15) is 32.6 Å². The molecule has 1 aliphatic rings. The monoisotopic (exact) mass is 247 g/mol. The molecule has 92 valence electrons. The fourth-order valence-electron chi connectivity index (χ4n) is 1.75. The molecule has 2 atom stereocenters.